The fourth-order valence-electron chi connectivity index (χ4n) is 3.39. The first-order chi connectivity index (χ1) is 16.1. The Morgan fingerprint density at radius 3 is 2.29 bits per heavy atom. The maximum Gasteiger partial charge on any atom is 0.418 e. The summed E-state index contributed by atoms with van der Waals surface area (Å²) in [5.41, 5.74) is 0.955. The normalized spacial score (nSPS) is 12.9. The third kappa shape index (κ3) is 7.22. The molecule has 0 aliphatic rings. The summed E-state index contributed by atoms with van der Waals surface area (Å²) < 4.78 is 50.9. The number of alkyl halides is 3. The first-order valence-electron chi connectivity index (χ1n) is 10.6. The Morgan fingerprint density at radius 1 is 1.09 bits per heavy atom. The zero-order valence-corrected chi connectivity index (χ0v) is 19.0. The Balaban J connectivity index is 2.42. The molecular formula is C24H26F3N3O4. The van der Waals surface area contributed by atoms with Crippen molar-refractivity contribution in [1.29, 1.82) is 5.26 Å². The van der Waals surface area contributed by atoms with Crippen LogP contribution in [0.5, 0.6) is 0 Å². The maximum absolute atomic E-state index is 13.7. The van der Waals surface area contributed by atoms with Crippen LogP contribution in [0.25, 0.3) is 0 Å². The van der Waals surface area contributed by atoms with E-state index >= 15 is 0 Å². The van der Waals surface area contributed by atoms with Crippen LogP contribution in [0.3, 0.4) is 0 Å². The largest absolute Gasteiger partial charge is 0.469 e. The van der Waals surface area contributed by atoms with E-state index in [1.54, 1.807) is 0 Å². The van der Waals surface area contributed by atoms with Crippen LogP contribution < -0.4 is 10.6 Å². The van der Waals surface area contributed by atoms with Gasteiger partial charge < -0.3 is 20.1 Å². The Labute approximate surface area is 195 Å². The predicted molar refractivity (Wildman–Crippen MR) is 120 cm³/mol. The fourth-order valence-corrected chi connectivity index (χ4v) is 3.39. The molecule has 0 heterocycles. The van der Waals surface area contributed by atoms with E-state index in [2.05, 4.69) is 10.6 Å². The highest BCUT2D eigenvalue weighted by atomic mass is 19.4. The average molecular weight is 477 g/mol. The van der Waals surface area contributed by atoms with Crippen LogP contribution in [0.15, 0.2) is 42.5 Å². The molecule has 2 unspecified atom stereocenters. The van der Waals surface area contributed by atoms with E-state index in [9.17, 15) is 22.8 Å². The summed E-state index contributed by atoms with van der Waals surface area (Å²) >= 11 is 0. The number of anilines is 2. The van der Waals surface area contributed by atoms with Crippen molar-refractivity contribution in [2.24, 2.45) is 0 Å². The molecule has 2 amide bonds. The van der Waals surface area contributed by atoms with E-state index in [-0.39, 0.29) is 30.2 Å². The third-order valence-corrected chi connectivity index (χ3v) is 5.12. The lowest BCUT2D eigenvalue weighted by molar-refractivity contribution is -0.222. The van der Waals surface area contributed by atoms with Gasteiger partial charge in [0.1, 0.15) is 0 Å². The van der Waals surface area contributed by atoms with Crippen molar-refractivity contribution in [2.75, 3.05) is 24.4 Å². The molecule has 10 heteroatoms. The molecule has 0 spiro atoms. The van der Waals surface area contributed by atoms with Crippen LogP contribution in [-0.2, 0) is 14.3 Å². The first-order valence-corrected chi connectivity index (χ1v) is 10.6. The summed E-state index contributed by atoms with van der Waals surface area (Å²) in [5.74, 6) is -0.772. The topological polar surface area (TPSA) is 100 Å². The molecule has 2 aromatic carbocycles. The van der Waals surface area contributed by atoms with Gasteiger partial charge in [-0.15, -0.1) is 0 Å². The second kappa shape index (κ2) is 12.0. The van der Waals surface area contributed by atoms with Gasteiger partial charge in [0.2, 0.25) is 0 Å². The molecule has 0 radical (unpaired) electrons. The van der Waals surface area contributed by atoms with Gasteiger partial charge in [0.15, 0.2) is 6.10 Å². The van der Waals surface area contributed by atoms with E-state index in [0.717, 1.165) is 0 Å². The number of rotatable bonds is 9. The fraction of sp³-hybridized carbons (Fsp3) is 0.375. The molecule has 2 rings (SSSR count). The maximum atomic E-state index is 13.7. The molecule has 2 aromatic rings. The number of methoxy groups -OCH3 is 1. The monoisotopic (exact) mass is 477 g/mol. The summed E-state index contributed by atoms with van der Waals surface area (Å²) in [7, 11) is 1.26. The van der Waals surface area contributed by atoms with Gasteiger partial charge >= 0.3 is 18.2 Å². The predicted octanol–water partition coefficient (Wildman–Crippen LogP) is 5.90. The van der Waals surface area contributed by atoms with Crippen molar-refractivity contribution < 1.29 is 32.2 Å². The number of urea groups is 1. The average Bonchev–Trinajstić information content (AvgIpc) is 2.80. The standard InChI is InChI=1S/C24H26F3N3O4/c1-4-16(13-21(31)33-3)17-8-11-19(22(34-5-2)24(25,26)27)20(12-17)30-23(32)29-18-9-6-15(14-28)7-10-18/h6-12,16,22H,4-5,13H2,1-3H3,(H2,29,30,32). The van der Waals surface area contributed by atoms with Gasteiger partial charge in [-0.3, -0.25) is 4.79 Å². The minimum Gasteiger partial charge on any atom is -0.469 e. The smallest absolute Gasteiger partial charge is 0.418 e. The number of hydrogen-bond acceptors (Lipinski definition) is 5. The SMILES string of the molecule is CCOC(c1ccc(C(CC)CC(=O)OC)cc1NC(=O)Nc1ccc(C#N)cc1)C(F)(F)F. The molecule has 7 nitrogen and oxygen atoms in total. The van der Waals surface area contributed by atoms with Crippen molar-refractivity contribution >= 4 is 23.4 Å². The number of nitrogens with zero attached hydrogens (tertiary/aromatic N) is 1. The van der Waals surface area contributed by atoms with Gasteiger partial charge in [-0.1, -0.05) is 19.1 Å². The lowest BCUT2D eigenvalue weighted by Crippen LogP contribution is -2.27. The van der Waals surface area contributed by atoms with Gasteiger partial charge in [-0.05, 0) is 55.2 Å². The third-order valence-electron chi connectivity index (χ3n) is 5.12. The van der Waals surface area contributed by atoms with E-state index in [1.807, 2.05) is 13.0 Å². The quantitative estimate of drug-likeness (QED) is 0.438. The van der Waals surface area contributed by atoms with Crippen LogP contribution in [0.2, 0.25) is 0 Å². The van der Waals surface area contributed by atoms with Crippen molar-refractivity contribution in [3.05, 3.63) is 59.2 Å². The molecule has 0 aliphatic carbocycles. The highest BCUT2D eigenvalue weighted by molar-refractivity contribution is 6.00. The van der Waals surface area contributed by atoms with E-state index < -0.39 is 24.3 Å². The van der Waals surface area contributed by atoms with Gasteiger partial charge in [0.25, 0.3) is 0 Å². The number of nitrogens with one attached hydrogen (secondary N) is 2. The summed E-state index contributed by atoms with van der Waals surface area (Å²) in [6, 6.07) is 11.3. The van der Waals surface area contributed by atoms with E-state index in [4.69, 9.17) is 14.7 Å². The number of carbonyl (C=O) groups excluding carboxylic acids is 2. The molecule has 34 heavy (non-hydrogen) atoms. The number of halogens is 3. The Kier molecular flexibility index (Phi) is 9.45. The van der Waals surface area contributed by atoms with E-state index in [0.29, 0.717) is 23.2 Å². The zero-order chi connectivity index (χ0) is 25.3. The van der Waals surface area contributed by atoms with Gasteiger partial charge in [-0.2, -0.15) is 18.4 Å². The highest BCUT2D eigenvalue weighted by Gasteiger charge is 2.43. The second-order valence-electron chi connectivity index (χ2n) is 7.38. The number of ether oxygens (including phenoxy) is 2. The van der Waals surface area contributed by atoms with Gasteiger partial charge in [0.05, 0.1) is 25.2 Å². The summed E-state index contributed by atoms with van der Waals surface area (Å²) in [6.07, 6.45) is -6.40. The molecule has 2 atom stereocenters. The molecule has 182 valence electrons. The van der Waals surface area contributed by atoms with Gasteiger partial charge in [-0.25, -0.2) is 4.79 Å². The summed E-state index contributed by atoms with van der Waals surface area (Å²) in [6.45, 7) is 3.09. The highest BCUT2D eigenvalue weighted by Crippen LogP contribution is 2.40. The molecular weight excluding hydrogens is 451 g/mol. The zero-order valence-electron chi connectivity index (χ0n) is 19.0. The van der Waals surface area contributed by atoms with Crippen molar-refractivity contribution in [1.82, 2.24) is 0 Å². The molecule has 0 aromatic heterocycles. The number of carbonyl (C=O) groups is 2. The number of nitriles is 1. The van der Waals surface area contributed by atoms with Crippen molar-refractivity contribution in [3.63, 3.8) is 0 Å². The molecule has 0 aliphatic heterocycles. The number of amides is 2. The van der Waals surface area contributed by atoms with E-state index in [1.165, 1.54) is 56.5 Å². The first kappa shape index (κ1) is 26.7. The van der Waals surface area contributed by atoms with Crippen molar-refractivity contribution in [2.45, 2.75) is 44.9 Å². The minimum absolute atomic E-state index is 0.0391. The Morgan fingerprint density at radius 2 is 1.76 bits per heavy atom. The molecule has 0 saturated heterocycles. The molecule has 0 fully saturated rings. The summed E-state index contributed by atoms with van der Waals surface area (Å²) in [5, 5.41) is 13.9. The molecule has 0 bridgehead atoms. The number of hydrogen-bond donors (Lipinski definition) is 2. The van der Waals surface area contributed by atoms with Crippen LogP contribution >= 0.6 is 0 Å². The molecule has 2 N–H and O–H groups in total. The minimum atomic E-state index is -4.71. The summed E-state index contributed by atoms with van der Waals surface area (Å²) in [4.78, 5) is 24.4. The lowest BCUT2D eigenvalue weighted by Gasteiger charge is -2.25. The second-order valence-corrected chi connectivity index (χ2v) is 7.38. The van der Waals surface area contributed by atoms with Crippen LogP contribution in [-0.4, -0.2) is 31.9 Å². The van der Waals surface area contributed by atoms with Crippen LogP contribution in [0.4, 0.5) is 29.3 Å². The molecule has 0 saturated carbocycles. The van der Waals surface area contributed by atoms with Crippen molar-refractivity contribution in [3.8, 4) is 6.07 Å². The van der Waals surface area contributed by atoms with Crippen LogP contribution in [0.1, 0.15) is 55.4 Å². The number of benzene rings is 2. The van der Waals surface area contributed by atoms with Crippen LogP contribution in [0, 0.1) is 11.3 Å². The number of esters is 1. The van der Waals surface area contributed by atoms with Gasteiger partial charge in [0, 0.05) is 23.5 Å². The Hall–Kier alpha value is -3.58. The lowest BCUT2D eigenvalue weighted by atomic mass is 9.91. The Bertz CT molecular complexity index is 1030.